The number of nitrogens with zero attached hydrogens (tertiary/aromatic N) is 1. The van der Waals surface area contributed by atoms with E-state index in [1.54, 1.807) is 6.20 Å². The highest BCUT2D eigenvalue weighted by Gasteiger charge is 2.19. The van der Waals surface area contributed by atoms with Gasteiger partial charge in [-0.2, -0.15) is 0 Å². The average molecular weight is 261 g/mol. The lowest BCUT2D eigenvalue weighted by Crippen LogP contribution is -2.30. The van der Waals surface area contributed by atoms with Crippen molar-refractivity contribution in [3.63, 3.8) is 0 Å². The molecule has 19 heavy (non-hydrogen) atoms. The lowest BCUT2D eigenvalue weighted by molar-refractivity contribution is 0.606. The maximum atomic E-state index is 13.4. The molecular formula is C13H16FN5. The van der Waals surface area contributed by atoms with Crippen molar-refractivity contribution in [1.82, 2.24) is 10.4 Å². The second kappa shape index (κ2) is 5.21. The Balaban J connectivity index is 2.55. The molecule has 100 valence electrons. The Bertz CT molecular complexity index is 548. The van der Waals surface area contributed by atoms with Crippen molar-refractivity contribution in [3.05, 3.63) is 53.0 Å². The van der Waals surface area contributed by atoms with E-state index in [0.717, 1.165) is 5.56 Å². The Morgan fingerprint density at radius 3 is 2.63 bits per heavy atom. The molecule has 0 radical (unpaired) electrons. The number of anilines is 2. The molecule has 0 fully saturated rings. The van der Waals surface area contributed by atoms with Crippen LogP contribution in [0.3, 0.4) is 0 Å². The molecule has 0 amide bonds. The number of hydrazine groups is 1. The Morgan fingerprint density at radius 1 is 1.21 bits per heavy atom. The minimum absolute atomic E-state index is 0.331. The molecule has 0 saturated heterocycles. The Kier molecular flexibility index (Phi) is 3.64. The SMILES string of the molecule is Cc1cnc(N)c(C(NN)c2cc(F)ccc2N)c1. The van der Waals surface area contributed by atoms with Crippen LogP contribution < -0.4 is 22.7 Å². The van der Waals surface area contributed by atoms with Gasteiger partial charge in [-0.3, -0.25) is 5.84 Å². The van der Waals surface area contributed by atoms with Crippen LogP contribution in [0.5, 0.6) is 0 Å². The number of rotatable bonds is 3. The highest BCUT2D eigenvalue weighted by atomic mass is 19.1. The van der Waals surface area contributed by atoms with Gasteiger partial charge in [0.05, 0.1) is 6.04 Å². The zero-order valence-electron chi connectivity index (χ0n) is 10.5. The van der Waals surface area contributed by atoms with E-state index >= 15 is 0 Å². The summed E-state index contributed by atoms with van der Waals surface area (Å²) >= 11 is 0. The van der Waals surface area contributed by atoms with Gasteiger partial charge in [0, 0.05) is 23.0 Å². The van der Waals surface area contributed by atoms with Crippen LogP contribution in [0.1, 0.15) is 22.7 Å². The minimum Gasteiger partial charge on any atom is -0.398 e. The largest absolute Gasteiger partial charge is 0.398 e. The summed E-state index contributed by atoms with van der Waals surface area (Å²) in [6, 6.07) is 5.46. The van der Waals surface area contributed by atoms with Crippen molar-refractivity contribution in [2.45, 2.75) is 13.0 Å². The maximum Gasteiger partial charge on any atom is 0.128 e. The summed E-state index contributed by atoms with van der Waals surface area (Å²) in [7, 11) is 0. The van der Waals surface area contributed by atoms with Crippen molar-refractivity contribution in [2.24, 2.45) is 5.84 Å². The fourth-order valence-electron chi connectivity index (χ4n) is 1.98. The third kappa shape index (κ3) is 2.64. The fourth-order valence-corrected chi connectivity index (χ4v) is 1.98. The summed E-state index contributed by atoms with van der Waals surface area (Å²) in [5, 5.41) is 0. The number of aromatic nitrogens is 1. The summed E-state index contributed by atoms with van der Waals surface area (Å²) in [4.78, 5) is 4.07. The minimum atomic E-state index is -0.511. The van der Waals surface area contributed by atoms with Gasteiger partial charge in [-0.1, -0.05) is 0 Å². The number of nitrogens with two attached hydrogens (primary N) is 3. The third-order valence-electron chi connectivity index (χ3n) is 2.92. The van der Waals surface area contributed by atoms with Gasteiger partial charge in [0.2, 0.25) is 0 Å². The molecule has 1 aromatic heterocycles. The number of pyridine rings is 1. The highest BCUT2D eigenvalue weighted by molar-refractivity contribution is 5.55. The van der Waals surface area contributed by atoms with Crippen LogP contribution in [0.4, 0.5) is 15.9 Å². The zero-order valence-corrected chi connectivity index (χ0v) is 10.5. The maximum absolute atomic E-state index is 13.4. The van der Waals surface area contributed by atoms with E-state index in [-0.39, 0.29) is 5.82 Å². The van der Waals surface area contributed by atoms with Crippen LogP contribution in [-0.4, -0.2) is 4.98 Å². The molecule has 2 rings (SSSR count). The molecule has 0 aliphatic heterocycles. The summed E-state index contributed by atoms with van der Waals surface area (Å²) < 4.78 is 13.4. The molecule has 7 N–H and O–H groups in total. The first-order chi connectivity index (χ1) is 9.02. The van der Waals surface area contributed by atoms with Gasteiger partial charge in [-0.25, -0.2) is 14.8 Å². The van der Waals surface area contributed by atoms with E-state index in [4.69, 9.17) is 17.3 Å². The molecule has 0 aliphatic carbocycles. The van der Waals surface area contributed by atoms with Crippen LogP contribution in [-0.2, 0) is 0 Å². The lowest BCUT2D eigenvalue weighted by atomic mass is 9.97. The molecule has 6 heteroatoms. The first-order valence-electron chi connectivity index (χ1n) is 5.76. The predicted octanol–water partition coefficient (Wildman–Crippen LogP) is 1.25. The molecular weight excluding hydrogens is 245 g/mol. The van der Waals surface area contributed by atoms with E-state index in [0.29, 0.717) is 22.6 Å². The smallest absolute Gasteiger partial charge is 0.128 e. The van der Waals surface area contributed by atoms with Crippen molar-refractivity contribution in [1.29, 1.82) is 0 Å². The van der Waals surface area contributed by atoms with Crippen LogP contribution in [0.15, 0.2) is 30.5 Å². The summed E-state index contributed by atoms with van der Waals surface area (Å²) in [6.07, 6.45) is 1.65. The third-order valence-corrected chi connectivity index (χ3v) is 2.92. The van der Waals surface area contributed by atoms with Crippen molar-refractivity contribution in [3.8, 4) is 0 Å². The van der Waals surface area contributed by atoms with E-state index in [2.05, 4.69) is 10.4 Å². The van der Waals surface area contributed by atoms with Crippen LogP contribution in [0.25, 0.3) is 0 Å². The van der Waals surface area contributed by atoms with Gasteiger partial charge in [0.15, 0.2) is 0 Å². The number of nitrogen functional groups attached to an aromatic ring is 2. The second-order valence-corrected chi connectivity index (χ2v) is 4.36. The van der Waals surface area contributed by atoms with Gasteiger partial charge >= 0.3 is 0 Å². The normalized spacial score (nSPS) is 12.4. The first kappa shape index (κ1) is 13.3. The fraction of sp³-hybridized carbons (Fsp3) is 0.154. The molecule has 1 unspecified atom stereocenters. The standard InChI is InChI=1S/C13H16FN5/c1-7-4-10(13(16)18-6-7)12(19-17)9-5-8(14)2-3-11(9)15/h2-6,12,19H,15,17H2,1H3,(H2,16,18). The van der Waals surface area contributed by atoms with E-state index < -0.39 is 6.04 Å². The zero-order chi connectivity index (χ0) is 14.0. The monoisotopic (exact) mass is 261 g/mol. The van der Waals surface area contributed by atoms with Gasteiger partial charge in [-0.05, 0) is 36.8 Å². The van der Waals surface area contributed by atoms with E-state index in [1.165, 1.54) is 18.2 Å². The molecule has 0 saturated carbocycles. The van der Waals surface area contributed by atoms with Crippen LogP contribution in [0.2, 0.25) is 0 Å². The molecule has 0 spiro atoms. The number of aryl methyl sites for hydroxylation is 1. The van der Waals surface area contributed by atoms with Crippen molar-refractivity contribution < 1.29 is 4.39 Å². The Labute approximate surface area is 110 Å². The first-order valence-corrected chi connectivity index (χ1v) is 5.76. The van der Waals surface area contributed by atoms with Crippen molar-refractivity contribution >= 4 is 11.5 Å². The van der Waals surface area contributed by atoms with Crippen molar-refractivity contribution in [2.75, 3.05) is 11.5 Å². The van der Waals surface area contributed by atoms with Crippen LogP contribution >= 0.6 is 0 Å². The summed E-state index contributed by atoms with van der Waals surface area (Å²) in [5.74, 6) is 5.51. The molecule has 0 bridgehead atoms. The molecule has 2 aromatic rings. The number of hydrogen-bond donors (Lipinski definition) is 4. The van der Waals surface area contributed by atoms with Crippen LogP contribution in [0, 0.1) is 12.7 Å². The predicted molar refractivity (Wildman–Crippen MR) is 73.4 cm³/mol. The highest BCUT2D eigenvalue weighted by Crippen LogP contribution is 2.29. The van der Waals surface area contributed by atoms with Gasteiger partial charge in [0.1, 0.15) is 11.6 Å². The molecule has 5 nitrogen and oxygen atoms in total. The number of nitrogens with one attached hydrogen (secondary N) is 1. The molecule has 1 atom stereocenters. The average Bonchev–Trinajstić information content (AvgIpc) is 2.38. The van der Waals surface area contributed by atoms with Gasteiger partial charge < -0.3 is 11.5 Å². The Morgan fingerprint density at radius 2 is 1.95 bits per heavy atom. The van der Waals surface area contributed by atoms with Gasteiger partial charge in [0.25, 0.3) is 0 Å². The van der Waals surface area contributed by atoms with Gasteiger partial charge in [-0.15, -0.1) is 0 Å². The molecule has 1 heterocycles. The quantitative estimate of drug-likeness (QED) is 0.378. The second-order valence-electron chi connectivity index (χ2n) is 4.36. The lowest BCUT2D eigenvalue weighted by Gasteiger charge is -2.20. The van der Waals surface area contributed by atoms with E-state index in [1.807, 2.05) is 13.0 Å². The number of benzene rings is 1. The number of hydrogen-bond acceptors (Lipinski definition) is 5. The molecule has 1 aromatic carbocycles. The topological polar surface area (TPSA) is 103 Å². The molecule has 0 aliphatic rings. The van der Waals surface area contributed by atoms with E-state index in [9.17, 15) is 4.39 Å². The summed E-state index contributed by atoms with van der Waals surface area (Å²) in [5.41, 5.74) is 16.9. The summed E-state index contributed by atoms with van der Waals surface area (Å²) in [6.45, 7) is 1.89. The Hall–Kier alpha value is -2.18. The number of halogens is 1.